The Morgan fingerprint density at radius 1 is 1.08 bits per heavy atom. The molecule has 0 aliphatic rings. The van der Waals surface area contributed by atoms with E-state index in [9.17, 15) is 9.59 Å². The van der Waals surface area contributed by atoms with Crippen molar-refractivity contribution in [3.05, 3.63) is 41.7 Å². The van der Waals surface area contributed by atoms with Crippen LogP contribution in [0, 0.1) is 6.92 Å². The Kier molecular flexibility index (Phi) is 6.25. The summed E-state index contributed by atoms with van der Waals surface area (Å²) in [6, 6.07) is 9.44. The minimum absolute atomic E-state index is 0.0775. The van der Waals surface area contributed by atoms with Gasteiger partial charge >= 0.3 is 0 Å². The molecule has 1 aromatic carbocycles. The molecular weight excluding hydrogens is 338 g/mol. The Hall–Kier alpha value is -2.28. The predicted octanol–water partition coefficient (Wildman–Crippen LogP) is 3.59. The van der Waals surface area contributed by atoms with E-state index in [-0.39, 0.29) is 28.7 Å². The number of aromatic nitrogens is 1. The van der Waals surface area contributed by atoms with Crippen molar-refractivity contribution in [2.24, 2.45) is 0 Å². The van der Waals surface area contributed by atoms with E-state index in [0.29, 0.717) is 11.6 Å². The van der Waals surface area contributed by atoms with Gasteiger partial charge in [0.2, 0.25) is 11.8 Å². The van der Waals surface area contributed by atoms with Crippen LogP contribution in [-0.2, 0) is 15.0 Å². The molecule has 0 aliphatic heterocycles. The molecule has 6 nitrogen and oxygen atoms in total. The zero-order valence-corrected chi connectivity index (χ0v) is 15.7. The molecule has 2 rings (SSSR count). The molecule has 2 N–H and O–H groups in total. The van der Waals surface area contributed by atoms with Crippen LogP contribution in [-0.4, -0.2) is 28.5 Å². The lowest BCUT2D eigenvalue weighted by atomic mass is 9.87. The van der Waals surface area contributed by atoms with E-state index in [1.165, 1.54) is 17.3 Å². The first-order valence-electron chi connectivity index (χ1n) is 7.95. The first-order chi connectivity index (χ1) is 11.7. The lowest BCUT2D eigenvalue weighted by Gasteiger charge is -2.19. The molecule has 1 aromatic heterocycles. The number of carbonyl (C=O) groups excluding carboxylic acids is 2. The van der Waals surface area contributed by atoms with E-state index in [1.807, 2.05) is 24.3 Å². The number of hydrogen-bond donors (Lipinski definition) is 2. The van der Waals surface area contributed by atoms with Gasteiger partial charge < -0.3 is 15.2 Å². The van der Waals surface area contributed by atoms with Gasteiger partial charge in [-0.15, -0.1) is 11.8 Å². The lowest BCUT2D eigenvalue weighted by molar-refractivity contribution is -0.114. The third-order valence-electron chi connectivity index (χ3n) is 3.40. The fourth-order valence-electron chi connectivity index (χ4n) is 2.09. The third-order valence-corrected chi connectivity index (χ3v) is 4.33. The van der Waals surface area contributed by atoms with Crippen LogP contribution in [0.15, 0.2) is 34.9 Å². The number of aryl methyl sites for hydroxylation is 1. The van der Waals surface area contributed by atoms with Crippen LogP contribution >= 0.6 is 11.8 Å². The van der Waals surface area contributed by atoms with E-state index < -0.39 is 0 Å². The average Bonchev–Trinajstić information content (AvgIpc) is 2.92. The van der Waals surface area contributed by atoms with Crippen LogP contribution in [0.1, 0.15) is 32.1 Å². The SMILES string of the molecule is Cc1cc(NC(=O)CSCC(=O)Nc2ccc(C(C)(C)C)cc2)no1. The van der Waals surface area contributed by atoms with Crippen molar-refractivity contribution in [1.29, 1.82) is 0 Å². The molecule has 2 aromatic rings. The molecule has 0 fully saturated rings. The summed E-state index contributed by atoms with van der Waals surface area (Å²) in [6.45, 7) is 8.17. The van der Waals surface area contributed by atoms with Crippen molar-refractivity contribution < 1.29 is 14.1 Å². The van der Waals surface area contributed by atoms with Gasteiger partial charge in [0.15, 0.2) is 5.82 Å². The number of nitrogens with one attached hydrogen (secondary N) is 2. The summed E-state index contributed by atoms with van der Waals surface area (Å²) in [7, 11) is 0. The molecule has 7 heteroatoms. The highest BCUT2D eigenvalue weighted by Crippen LogP contribution is 2.23. The molecule has 0 aliphatic carbocycles. The van der Waals surface area contributed by atoms with Crippen LogP contribution in [0.4, 0.5) is 11.5 Å². The highest BCUT2D eigenvalue weighted by atomic mass is 32.2. The minimum Gasteiger partial charge on any atom is -0.360 e. The van der Waals surface area contributed by atoms with Crippen LogP contribution in [0.2, 0.25) is 0 Å². The summed E-state index contributed by atoms with van der Waals surface area (Å²) in [6.07, 6.45) is 0. The third kappa shape index (κ3) is 6.26. The zero-order valence-electron chi connectivity index (χ0n) is 14.9. The summed E-state index contributed by atoms with van der Waals surface area (Å²) < 4.78 is 4.87. The standard InChI is InChI=1S/C18H23N3O3S/c1-12-9-15(21-24-12)20-17(23)11-25-10-16(22)19-14-7-5-13(6-8-14)18(2,3)4/h5-9H,10-11H2,1-4H3,(H,19,22)(H,20,21,23). The summed E-state index contributed by atoms with van der Waals surface area (Å²) in [5, 5.41) is 9.12. The number of carbonyl (C=O) groups is 2. The first kappa shape index (κ1) is 19.1. The monoisotopic (exact) mass is 361 g/mol. The van der Waals surface area contributed by atoms with Crippen molar-refractivity contribution in [3.8, 4) is 0 Å². The molecule has 25 heavy (non-hydrogen) atoms. The predicted molar refractivity (Wildman–Crippen MR) is 101 cm³/mol. The topological polar surface area (TPSA) is 84.2 Å². The van der Waals surface area contributed by atoms with Crippen molar-refractivity contribution in [3.63, 3.8) is 0 Å². The van der Waals surface area contributed by atoms with Crippen LogP contribution < -0.4 is 10.6 Å². The number of rotatable bonds is 6. The van der Waals surface area contributed by atoms with Gasteiger partial charge in [-0.2, -0.15) is 0 Å². The van der Waals surface area contributed by atoms with Crippen molar-refractivity contribution in [1.82, 2.24) is 5.16 Å². The van der Waals surface area contributed by atoms with Crippen molar-refractivity contribution in [2.75, 3.05) is 22.1 Å². The maximum atomic E-state index is 11.9. The van der Waals surface area contributed by atoms with Crippen molar-refractivity contribution >= 4 is 35.1 Å². The maximum absolute atomic E-state index is 11.9. The second-order valence-corrected chi connectivity index (χ2v) is 7.72. The van der Waals surface area contributed by atoms with Crippen LogP contribution in [0.3, 0.4) is 0 Å². The molecule has 0 saturated heterocycles. The Balaban J connectivity index is 1.72. The molecule has 134 valence electrons. The molecule has 0 radical (unpaired) electrons. The summed E-state index contributed by atoms with van der Waals surface area (Å²) in [4.78, 5) is 23.7. The highest BCUT2D eigenvalue weighted by Gasteiger charge is 2.13. The van der Waals surface area contributed by atoms with Gasteiger partial charge in [0.1, 0.15) is 5.76 Å². The van der Waals surface area contributed by atoms with Crippen molar-refractivity contribution in [2.45, 2.75) is 33.1 Å². The molecule has 0 saturated carbocycles. The Morgan fingerprint density at radius 3 is 2.20 bits per heavy atom. The Labute approximate surface area is 151 Å². The Bertz CT molecular complexity index is 733. The van der Waals surface area contributed by atoms with Gasteiger partial charge in [-0.1, -0.05) is 38.1 Å². The van der Waals surface area contributed by atoms with E-state index >= 15 is 0 Å². The fourth-order valence-corrected chi connectivity index (χ4v) is 2.71. The van der Waals surface area contributed by atoms with E-state index in [1.54, 1.807) is 13.0 Å². The van der Waals surface area contributed by atoms with Crippen LogP contribution in [0.5, 0.6) is 0 Å². The number of benzene rings is 1. The smallest absolute Gasteiger partial charge is 0.235 e. The number of thioether (sulfide) groups is 1. The van der Waals surface area contributed by atoms with E-state index in [4.69, 9.17) is 4.52 Å². The molecule has 0 spiro atoms. The summed E-state index contributed by atoms with van der Waals surface area (Å²) in [5.74, 6) is 1.01. The van der Waals surface area contributed by atoms with Gasteiger partial charge in [-0.25, -0.2) is 0 Å². The highest BCUT2D eigenvalue weighted by molar-refractivity contribution is 8.00. The number of nitrogens with zero attached hydrogens (tertiary/aromatic N) is 1. The van der Waals surface area contributed by atoms with E-state index in [0.717, 1.165) is 5.69 Å². The Morgan fingerprint density at radius 2 is 1.68 bits per heavy atom. The van der Waals surface area contributed by atoms with Crippen LogP contribution in [0.25, 0.3) is 0 Å². The lowest BCUT2D eigenvalue weighted by Crippen LogP contribution is -2.18. The second kappa shape index (κ2) is 8.20. The molecular formula is C18H23N3O3S. The molecule has 0 bridgehead atoms. The average molecular weight is 361 g/mol. The first-order valence-corrected chi connectivity index (χ1v) is 9.11. The largest absolute Gasteiger partial charge is 0.360 e. The quantitative estimate of drug-likeness (QED) is 0.821. The van der Waals surface area contributed by atoms with Gasteiger partial charge in [-0.05, 0) is 30.0 Å². The van der Waals surface area contributed by atoms with Gasteiger partial charge in [0.25, 0.3) is 0 Å². The fraction of sp³-hybridized carbons (Fsp3) is 0.389. The normalized spacial score (nSPS) is 11.2. The number of anilines is 2. The van der Waals surface area contributed by atoms with Gasteiger partial charge in [-0.3, -0.25) is 9.59 Å². The molecule has 0 atom stereocenters. The minimum atomic E-state index is -0.222. The van der Waals surface area contributed by atoms with Gasteiger partial charge in [0.05, 0.1) is 11.5 Å². The number of amides is 2. The summed E-state index contributed by atoms with van der Waals surface area (Å²) in [5.41, 5.74) is 2.04. The van der Waals surface area contributed by atoms with E-state index in [2.05, 4.69) is 36.6 Å². The molecule has 0 unspecified atom stereocenters. The zero-order chi connectivity index (χ0) is 18.4. The maximum Gasteiger partial charge on any atom is 0.235 e. The second-order valence-electron chi connectivity index (χ2n) is 6.74. The molecule has 1 heterocycles. The van der Waals surface area contributed by atoms with Gasteiger partial charge in [0, 0.05) is 11.8 Å². The summed E-state index contributed by atoms with van der Waals surface area (Å²) >= 11 is 1.24. The number of hydrogen-bond acceptors (Lipinski definition) is 5. The molecule has 2 amide bonds.